The van der Waals surface area contributed by atoms with E-state index in [2.05, 4.69) is 26.3 Å². The molecule has 4 heteroatoms. The molecule has 0 aliphatic heterocycles. The van der Waals surface area contributed by atoms with Gasteiger partial charge in [-0.15, -0.1) is 8.93 Å². The molecule has 5 heavy (non-hydrogen) atoms. The van der Waals surface area contributed by atoms with Gasteiger partial charge in [0.25, 0.3) is 0 Å². The summed E-state index contributed by atoms with van der Waals surface area (Å²) in [6.07, 6.45) is 0. The summed E-state index contributed by atoms with van der Waals surface area (Å²) in [5.41, 5.74) is 0. The summed E-state index contributed by atoms with van der Waals surface area (Å²) in [6, 6.07) is 0. The Morgan fingerprint density at radius 2 is 2.00 bits per heavy atom. The van der Waals surface area contributed by atoms with Gasteiger partial charge in [0, 0.05) is 18.6 Å². The third-order valence-electron chi connectivity index (χ3n) is 0.0589. The van der Waals surface area contributed by atoms with Crippen LogP contribution in [0.25, 0.3) is 0 Å². The normalized spacial score (nSPS) is 7.40. The molecule has 0 amide bonds. The molecule has 0 aromatic rings. The zero-order valence-corrected chi connectivity index (χ0v) is 6.80. The number of hydrogen-bond acceptors (Lipinski definition) is 1. The summed E-state index contributed by atoms with van der Waals surface area (Å²) in [7, 11) is 3.09. The van der Waals surface area contributed by atoms with Gasteiger partial charge in [-0.3, -0.25) is 8.27 Å². The van der Waals surface area contributed by atoms with Gasteiger partial charge in [0.1, 0.15) is 0 Å². The van der Waals surface area contributed by atoms with Crippen molar-refractivity contribution in [3.63, 3.8) is 0 Å². The Bertz CT molecular complexity index is 23.6. The summed E-state index contributed by atoms with van der Waals surface area (Å²) in [5, 5.41) is 2.50. The van der Waals surface area contributed by atoms with Crippen LogP contribution in [0.15, 0.2) is 0 Å². The fraction of sp³-hybridized carbons (Fsp3) is 0. The van der Waals surface area contributed by atoms with E-state index < -0.39 is 0 Å². The molecule has 0 spiro atoms. The second kappa shape index (κ2) is 9.11. The van der Waals surface area contributed by atoms with E-state index in [9.17, 15) is 0 Å². The smallest absolute Gasteiger partial charge is 0 e. The second-order valence-corrected chi connectivity index (χ2v) is 2.22. The van der Waals surface area contributed by atoms with Gasteiger partial charge in [0.2, 0.25) is 0 Å². The predicted octanol–water partition coefficient (Wildman–Crippen LogP) is 1.29. The van der Waals surface area contributed by atoms with Gasteiger partial charge in [0.05, 0.1) is 0 Å². The maximum absolute atomic E-state index is 4.29. The third kappa shape index (κ3) is 10.8. The molecule has 0 bridgehead atoms. The van der Waals surface area contributed by atoms with E-state index in [4.69, 9.17) is 0 Å². The van der Waals surface area contributed by atoms with Crippen LogP contribution in [0.4, 0.5) is 0 Å². The molecular weight excluding hydrogens is 157 g/mol. The molecule has 29 valence electrons. The largest absolute Gasteiger partial charge is 0.394 e. The van der Waals surface area contributed by atoms with Gasteiger partial charge in [-0.05, 0) is 0 Å². The van der Waals surface area contributed by atoms with Crippen LogP contribution in [0.2, 0.25) is 0 Å². The molecule has 2 atom stereocenters. The van der Waals surface area contributed by atoms with Gasteiger partial charge in [-0.25, -0.2) is 0 Å². The van der Waals surface area contributed by atoms with E-state index >= 15 is 0 Å². The Kier molecular flexibility index (Phi) is 17.7. The summed E-state index contributed by atoms with van der Waals surface area (Å²) >= 11 is 4.29. The van der Waals surface area contributed by atoms with Crippen molar-refractivity contribution in [3.05, 3.63) is 0 Å². The number of thiocarbonyl (C=S) groups is 1. The van der Waals surface area contributed by atoms with Gasteiger partial charge >= 0.3 is 0 Å². The van der Waals surface area contributed by atoms with Crippen LogP contribution in [0, 0.1) is 0 Å². The Morgan fingerprint density at radius 3 is 2.00 bits per heavy atom. The monoisotopic (exact) mass is 160 g/mol. The van der Waals surface area contributed by atoms with Gasteiger partial charge < -0.3 is 17.3 Å². The van der Waals surface area contributed by atoms with E-state index in [1.54, 1.807) is 0 Å². The van der Waals surface area contributed by atoms with Crippen LogP contribution >= 0.6 is 29.4 Å². The molecule has 0 N–H and O–H groups in total. The van der Waals surface area contributed by atoms with Crippen molar-refractivity contribution in [2.45, 2.75) is 0 Å². The topological polar surface area (TPSA) is 0 Å². The predicted molar refractivity (Wildman–Crippen MR) is 30.6 cm³/mol. The first kappa shape index (κ1) is 9.73. The van der Waals surface area contributed by atoms with Crippen LogP contribution in [0.5, 0.6) is 0 Å². The van der Waals surface area contributed by atoms with Crippen molar-refractivity contribution in [1.82, 2.24) is 0 Å². The van der Waals surface area contributed by atoms with Gasteiger partial charge in [-0.2, -0.15) is 0 Å². The van der Waals surface area contributed by atoms with Crippen LogP contribution < -0.4 is 0 Å². The van der Waals surface area contributed by atoms with E-state index in [1.807, 2.05) is 0 Å². The average Bonchev–Trinajstić information content (AvgIpc) is 1.37. The molecule has 0 aliphatic rings. The van der Waals surface area contributed by atoms with Crippen LogP contribution in [0.3, 0.4) is 0 Å². The van der Waals surface area contributed by atoms with Crippen LogP contribution in [0.1, 0.15) is 0 Å². The Balaban J connectivity index is 0. The zero-order chi connectivity index (χ0) is 3.41. The maximum atomic E-state index is 4.29. The Morgan fingerprint density at radius 1 is 1.80 bits per heavy atom. The van der Waals surface area contributed by atoms with Crippen molar-refractivity contribution < 1.29 is 18.6 Å². The molecule has 0 heterocycles. The molecule has 0 saturated heterocycles. The van der Waals surface area contributed by atoms with E-state index in [0.717, 1.165) is 0 Å². The zero-order valence-electron chi connectivity index (χ0n) is 2.43. The first-order valence-corrected chi connectivity index (χ1v) is 3.96. The fourth-order valence-electron chi connectivity index (χ4n) is 0. The second-order valence-electron chi connectivity index (χ2n) is 0.246. The van der Waals surface area contributed by atoms with Gasteiger partial charge in [0.15, 0.2) is 0 Å². The summed E-state index contributed by atoms with van der Waals surface area (Å²) in [5.74, 6) is 0. The maximum Gasteiger partial charge on any atom is 0 e. The van der Waals surface area contributed by atoms with Crippen LogP contribution in [-0.4, -0.2) is 5.11 Å². The fourth-order valence-corrected chi connectivity index (χ4v) is 0. The minimum absolute atomic E-state index is 0. The molecule has 0 rings (SSSR count). The molecule has 0 nitrogen and oxygen atoms in total. The molecule has 0 aromatic carbocycles. The minimum atomic E-state index is 0. The van der Waals surface area contributed by atoms with E-state index in [0.29, 0.717) is 8.27 Å². The Hall–Kier alpha value is 1.53. The molecule has 2 unspecified atom stereocenters. The SMILES string of the molecule is PP[C-]=S.[V]. The average molecular weight is 160 g/mol. The van der Waals surface area contributed by atoms with Crippen molar-refractivity contribution in [2.75, 3.05) is 0 Å². The summed E-state index contributed by atoms with van der Waals surface area (Å²) in [4.78, 5) is 0. The minimum Gasteiger partial charge on any atom is -0.394 e. The molecular formula is CH3P2SV-. The Labute approximate surface area is 53.2 Å². The summed E-state index contributed by atoms with van der Waals surface area (Å²) in [6.45, 7) is 0. The number of rotatable bonds is 1. The van der Waals surface area contributed by atoms with Crippen molar-refractivity contribution >= 4 is 34.5 Å². The molecule has 0 saturated carbocycles. The van der Waals surface area contributed by atoms with E-state index in [1.165, 1.54) is 0 Å². The molecule has 0 fully saturated rings. The quantitative estimate of drug-likeness (QED) is 0.316. The van der Waals surface area contributed by atoms with Crippen molar-refractivity contribution in [3.8, 4) is 0 Å². The third-order valence-corrected chi connectivity index (χ3v) is 1.59. The molecule has 1 radical (unpaired) electrons. The number of hydrogen-bond donors (Lipinski definition) is 0. The van der Waals surface area contributed by atoms with Gasteiger partial charge in [-0.1, -0.05) is 0 Å². The summed E-state index contributed by atoms with van der Waals surface area (Å²) < 4.78 is 0. The standard InChI is InChI=1S/CH3P2S.V/c2-3-1-4;/h3H,2H2;/q-1;. The van der Waals surface area contributed by atoms with Crippen molar-refractivity contribution in [1.29, 1.82) is 0 Å². The van der Waals surface area contributed by atoms with Crippen LogP contribution in [-0.2, 0) is 18.6 Å². The van der Waals surface area contributed by atoms with E-state index in [-0.39, 0.29) is 18.6 Å². The molecule has 0 aliphatic carbocycles. The molecule has 0 aromatic heterocycles. The first-order valence-electron chi connectivity index (χ1n) is 0.743. The first-order chi connectivity index (χ1) is 1.91. The van der Waals surface area contributed by atoms with Crippen molar-refractivity contribution in [2.24, 2.45) is 0 Å².